The summed E-state index contributed by atoms with van der Waals surface area (Å²) >= 11 is 0. The van der Waals surface area contributed by atoms with Crippen LogP contribution in [0.1, 0.15) is 25.3 Å². The third-order valence-electron chi connectivity index (χ3n) is 2.89. The molecule has 0 radical (unpaired) electrons. The minimum atomic E-state index is 0.322. The van der Waals surface area contributed by atoms with Crippen LogP contribution in [-0.4, -0.2) is 5.11 Å². The SMILES string of the molecule is CC(C)c1ccccc1.Oc1ccccc1.c1ccccc1. The molecule has 1 N–H and O–H groups in total. The number of rotatable bonds is 1. The summed E-state index contributed by atoms with van der Waals surface area (Å²) in [4.78, 5) is 0. The van der Waals surface area contributed by atoms with Crippen molar-refractivity contribution in [2.75, 3.05) is 0 Å². The zero-order chi connectivity index (χ0) is 16.0. The smallest absolute Gasteiger partial charge is 0.115 e. The molecule has 0 spiro atoms. The van der Waals surface area contributed by atoms with Gasteiger partial charge in [-0.3, -0.25) is 0 Å². The van der Waals surface area contributed by atoms with Gasteiger partial charge in [-0.1, -0.05) is 98.8 Å². The van der Waals surface area contributed by atoms with E-state index in [0.717, 1.165) is 0 Å². The third kappa shape index (κ3) is 8.60. The van der Waals surface area contributed by atoms with Crippen molar-refractivity contribution >= 4 is 0 Å². The van der Waals surface area contributed by atoms with Crippen LogP contribution in [0.5, 0.6) is 5.75 Å². The number of benzene rings is 3. The molecular formula is C21H24O. The van der Waals surface area contributed by atoms with E-state index in [4.69, 9.17) is 5.11 Å². The van der Waals surface area contributed by atoms with E-state index in [1.807, 2.05) is 48.5 Å². The molecule has 3 aromatic rings. The lowest BCUT2D eigenvalue weighted by Gasteiger charge is -2.01. The van der Waals surface area contributed by atoms with E-state index in [-0.39, 0.29) is 0 Å². The molecule has 0 fully saturated rings. The Balaban J connectivity index is 0.000000169. The number of hydrogen-bond acceptors (Lipinski definition) is 1. The van der Waals surface area contributed by atoms with Crippen LogP contribution < -0.4 is 0 Å². The highest BCUT2D eigenvalue weighted by Crippen LogP contribution is 2.11. The Hall–Kier alpha value is -2.54. The largest absolute Gasteiger partial charge is 0.508 e. The summed E-state index contributed by atoms with van der Waals surface area (Å²) in [5.41, 5.74) is 1.41. The van der Waals surface area contributed by atoms with Gasteiger partial charge in [-0.2, -0.15) is 0 Å². The first-order valence-corrected chi connectivity index (χ1v) is 7.49. The molecule has 3 rings (SSSR count). The van der Waals surface area contributed by atoms with Gasteiger partial charge in [0.15, 0.2) is 0 Å². The molecule has 0 bridgehead atoms. The molecule has 0 aromatic heterocycles. The lowest BCUT2D eigenvalue weighted by molar-refractivity contribution is 0.475. The Kier molecular flexibility index (Phi) is 8.88. The molecule has 114 valence electrons. The van der Waals surface area contributed by atoms with Crippen LogP contribution in [0.4, 0.5) is 0 Å². The Bertz CT molecular complexity index is 547. The van der Waals surface area contributed by atoms with Gasteiger partial charge >= 0.3 is 0 Å². The van der Waals surface area contributed by atoms with E-state index in [1.54, 1.807) is 24.3 Å². The van der Waals surface area contributed by atoms with Crippen molar-refractivity contribution in [1.82, 2.24) is 0 Å². The fourth-order valence-corrected chi connectivity index (χ4v) is 1.65. The summed E-state index contributed by atoms with van der Waals surface area (Å²) in [6, 6.07) is 31.2. The van der Waals surface area contributed by atoms with Crippen LogP contribution >= 0.6 is 0 Å². The first-order valence-electron chi connectivity index (χ1n) is 7.49. The van der Waals surface area contributed by atoms with Crippen molar-refractivity contribution in [3.05, 3.63) is 103 Å². The molecule has 0 saturated carbocycles. The topological polar surface area (TPSA) is 20.2 Å². The fraction of sp³-hybridized carbons (Fsp3) is 0.143. The number of aromatic hydroxyl groups is 1. The number of para-hydroxylation sites is 1. The monoisotopic (exact) mass is 292 g/mol. The van der Waals surface area contributed by atoms with Gasteiger partial charge in [-0.15, -0.1) is 0 Å². The Morgan fingerprint density at radius 1 is 0.545 bits per heavy atom. The Morgan fingerprint density at radius 3 is 1.09 bits per heavy atom. The van der Waals surface area contributed by atoms with Gasteiger partial charge in [0.2, 0.25) is 0 Å². The van der Waals surface area contributed by atoms with Crippen LogP contribution in [-0.2, 0) is 0 Å². The van der Waals surface area contributed by atoms with Crippen LogP contribution in [0.15, 0.2) is 97.1 Å². The average molecular weight is 292 g/mol. The molecular weight excluding hydrogens is 268 g/mol. The lowest BCUT2D eigenvalue weighted by Crippen LogP contribution is -1.83. The maximum absolute atomic E-state index is 8.63. The van der Waals surface area contributed by atoms with Gasteiger partial charge in [0.1, 0.15) is 5.75 Å². The molecule has 22 heavy (non-hydrogen) atoms. The van der Waals surface area contributed by atoms with Gasteiger partial charge in [-0.05, 0) is 23.6 Å². The second-order valence-corrected chi connectivity index (χ2v) is 5.06. The van der Waals surface area contributed by atoms with Crippen molar-refractivity contribution in [3.8, 4) is 5.75 Å². The first kappa shape index (κ1) is 17.5. The maximum atomic E-state index is 8.63. The molecule has 0 saturated heterocycles. The lowest BCUT2D eigenvalue weighted by atomic mass is 10.0. The number of hydrogen-bond donors (Lipinski definition) is 1. The molecule has 1 heteroatoms. The second-order valence-electron chi connectivity index (χ2n) is 5.06. The molecule has 0 aliphatic rings. The van der Waals surface area contributed by atoms with E-state index >= 15 is 0 Å². The average Bonchev–Trinajstić information content (AvgIpc) is 2.59. The summed E-state index contributed by atoms with van der Waals surface area (Å²) in [5, 5.41) is 8.63. The Labute approximate surface area is 133 Å². The van der Waals surface area contributed by atoms with Gasteiger partial charge in [-0.25, -0.2) is 0 Å². The van der Waals surface area contributed by atoms with E-state index in [0.29, 0.717) is 11.7 Å². The standard InChI is InChI=1S/C9H12.C6H6O.C6H6/c1-8(2)9-6-4-3-5-7-9;7-6-4-2-1-3-5-6;1-2-4-6-5-3-1/h3-8H,1-2H3;1-5,7H;1-6H. The molecule has 0 atom stereocenters. The maximum Gasteiger partial charge on any atom is 0.115 e. The van der Waals surface area contributed by atoms with Crippen molar-refractivity contribution in [3.63, 3.8) is 0 Å². The van der Waals surface area contributed by atoms with Crippen molar-refractivity contribution < 1.29 is 5.11 Å². The highest BCUT2D eigenvalue weighted by Gasteiger charge is 1.93. The minimum absolute atomic E-state index is 0.322. The van der Waals surface area contributed by atoms with Crippen LogP contribution in [0, 0.1) is 0 Å². The van der Waals surface area contributed by atoms with E-state index < -0.39 is 0 Å². The summed E-state index contributed by atoms with van der Waals surface area (Å²) in [6.07, 6.45) is 0. The van der Waals surface area contributed by atoms with Crippen LogP contribution in [0.3, 0.4) is 0 Å². The third-order valence-corrected chi connectivity index (χ3v) is 2.89. The quantitative estimate of drug-likeness (QED) is 0.593. The first-order chi connectivity index (χ1) is 10.7. The fourth-order valence-electron chi connectivity index (χ4n) is 1.65. The zero-order valence-corrected chi connectivity index (χ0v) is 13.3. The number of phenols is 1. The highest BCUT2D eigenvalue weighted by molar-refractivity contribution is 5.18. The summed E-state index contributed by atoms with van der Waals surface area (Å²) in [6.45, 7) is 4.41. The van der Waals surface area contributed by atoms with E-state index in [2.05, 4.69) is 38.1 Å². The van der Waals surface area contributed by atoms with Gasteiger partial charge < -0.3 is 5.11 Å². The molecule has 0 amide bonds. The van der Waals surface area contributed by atoms with Crippen molar-refractivity contribution in [2.45, 2.75) is 19.8 Å². The molecule has 0 heterocycles. The molecule has 0 aliphatic carbocycles. The summed E-state index contributed by atoms with van der Waals surface area (Å²) < 4.78 is 0. The van der Waals surface area contributed by atoms with Crippen molar-refractivity contribution in [1.29, 1.82) is 0 Å². The second kappa shape index (κ2) is 11.2. The molecule has 0 aliphatic heterocycles. The highest BCUT2D eigenvalue weighted by atomic mass is 16.3. The number of phenolic OH excluding ortho intramolecular Hbond substituents is 1. The predicted molar refractivity (Wildman–Crippen MR) is 95.1 cm³/mol. The van der Waals surface area contributed by atoms with Crippen LogP contribution in [0.25, 0.3) is 0 Å². The van der Waals surface area contributed by atoms with Gasteiger partial charge in [0, 0.05) is 0 Å². The van der Waals surface area contributed by atoms with Gasteiger partial charge in [0.05, 0.1) is 0 Å². The van der Waals surface area contributed by atoms with E-state index in [1.165, 1.54) is 5.56 Å². The summed E-state index contributed by atoms with van der Waals surface area (Å²) in [5.74, 6) is 0.980. The Morgan fingerprint density at radius 2 is 0.864 bits per heavy atom. The van der Waals surface area contributed by atoms with Crippen molar-refractivity contribution in [2.24, 2.45) is 0 Å². The minimum Gasteiger partial charge on any atom is -0.508 e. The molecule has 0 unspecified atom stereocenters. The normalized spacial score (nSPS) is 9.05. The van der Waals surface area contributed by atoms with Gasteiger partial charge in [0.25, 0.3) is 0 Å². The molecule has 1 nitrogen and oxygen atoms in total. The zero-order valence-electron chi connectivity index (χ0n) is 13.3. The van der Waals surface area contributed by atoms with E-state index in [9.17, 15) is 0 Å². The predicted octanol–water partition coefficient (Wildman–Crippen LogP) is 5.89. The molecule has 3 aromatic carbocycles. The van der Waals surface area contributed by atoms with Crippen LogP contribution in [0.2, 0.25) is 0 Å². The summed E-state index contributed by atoms with van der Waals surface area (Å²) in [7, 11) is 0.